The number of nitrogens with one attached hydrogen (secondary N) is 1. The topological polar surface area (TPSA) is 32.3 Å². The van der Waals surface area contributed by atoms with E-state index in [0.29, 0.717) is 17.0 Å². The Bertz CT molecular complexity index is 380. The number of aliphatic hydroxyl groups excluding tert-OH is 1. The number of hydrogen-bond donors (Lipinski definition) is 2. The standard InChI is InChI=1S/C13H17ClFNO/c14-12-4-3-11(15)6-10(12)7-13(17)9-2-1-5-16-8-9/h3-4,6,9,13,16-17H,1-2,5,7-8H2. The SMILES string of the molecule is OC(Cc1cc(F)ccc1Cl)C1CCCNC1. The van der Waals surface area contributed by atoms with Gasteiger partial charge in [0.25, 0.3) is 0 Å². The molecule has 2 atom stereocenters. The molecule has 17 heavy (non-hydrogen) atoms. The van der Waals surface area contributed by atoms with Crippen molar-refractivity contribution < 1.29 is 9.50 Å². The first-order chi connectivity index (χ1) is 8.16. The molecule has 1 heterocycles. The Labute approximate surface area is 106 Å². The molecule has 1 aromatic rings. The molecule has 94 valence electrons. The normalized spacial score (nSPS) is 22.4. The zero-order chi connectivity index (χ0) is 12.3. The van der Waals surface area contributed by atoms with Crippen molar-refractivity contribution in [3.05, 3.63) is 34.6 Å². The Morgan fingerprint density at radius 3 is 3.06 bits per heavy atom. The monoisotopic (exact) mass is 257 g/mol. The highest BCUT2D eigenvalue weighted by atomic mass is 35.5. The molecular weight excluding hydrogens is 241 g/mol. The third-order valence-corrected chi connectivity index (χ3v) is 3.68. The molecule has 0 amide bonds. The maximum absolute atomic E-state index is 13.1. The lowest BCUT2D eigenvalue weighted by Gasteiger charge is -2.27. The molecule has 2 N–H and O–H groups in total. The summed E-state index contributed by atoms with van der Waals surface area (Å²) in [6.07, 6.45) is 2.06. The summed E-state index contributed by atoms with van der Waals surface area (Å²) in [5, 5.41) is 13.9. The first-order valence-electron chi connectivity index (χ1n) is 5.99. The number of halogens is 2. The summed E-state index contributed by atoms with van der Waals surface area (Å²) in [6, 6.07) is 4.28. The van der Waals surface area contributed by atoms with Crippen molar-refractivity contribution in [2.75, 3.05) is 13.1 Å². The van der Waals surface area contributed by atoms with E-state index in [1.165, 1.54) is 18.2 Å². The zero-order valence-electron chi connectivity index (χ0n) is 9.63. The molecule has 2 nitrogen and oxygen atoms in total. The second-order valence-corrected chi connectivity index (χ2v) is 5.02. The number of benzene rings is 1. The highest BCUT2D eigenvalue weighted by Gasteiger charge is 2.22. The second kappa shape index (κ2) is 5.80. The highest BCUT2D eigenvalue weighted by Crippen LogP contribution is 2.23. The molecule has 1 fully saturated rings. The van der Waals surface area contributed by atoms with Gasteiger partial charge in [0.2, 0.25) is 0 Å². The van der Waals surface area contributed by atoms with Gasteiger partial charge in [-0.15, -0.1) is 0 Å². The third-order valence-electron chi connectivity index (χ3n) is 3.32. The molecule has 0 aromatic heterocycles. The van der Waals surface area contributed by atoms with Crippen molar-refractivity contribution in [3.8, 4) is 0 Å². The van der Waals surface area contributed by atoms with Crippen LogP contribution in [-0.4, -0.2) is 24.3 Å². The van der Waals surface area contributed by atoms with Crippen LogP contribution in [0.5, 0.6) is 0 Å². The van der Waals surface area contributed by atoms with E-state index in [0.717, 1.165) is 25.9 Å². The van der Waals surface area contributed by atoms with Gasteiger partial charge in [-0.3, -0.25) is 0 Å². The van der Waals surface area contributed by atoms with Crippen molar-refractivity contribution in [2.45, 2.75) is 25.4 Å². The summed E-state index contributed by atoms with van der Waals surface area (Å²) < 4.78 is 13.1. The van der Waals surface area contributed by atoms with Crippen LogP contribution in [0.15, 0.2) is 18.2 Å². The van der Waals surface area contributed by atoms with Gasteiger partial charge in [0.05, 0.1) is 6.10 Å². The minimum absolute atomic E-state index is 0.239. The maximum Gasteiger partial charge on any atom is 0.123 e. The molecule has 2 unspecified atom stereocenters. The number of aliphatic hydroxyl groups is 1. The van der Waals surface area contributed by atoms with Gasteiger partial charge in [-0.05, 0) is 49.1 Å². The molecule has 1 saturated heterocycles. The number of rotatable bonds is 3. The Hall–Kier alpha value is -0.640. The minimum atomic E-state index is -0.456. The average molecular weight is 258 g/mol. The van der Waals surface area contributed by atoms with E-state index in [2.05, 4.69) is 5.32 Å². The molecule has 1 aromatic carbocycles. The van der Waals surface area contributed by atoms with E-state index < -0.39 is 6.10 Å². The lowest BCUT2D eigenvalue weighted by atomic mass is 9.90. The van der Waals surface area contributed by atoms with E-state index in [9.17, 15) is 9.50 Å². The van der Waals surface area contributed by atoms with Crippen molar-refractivity contribution in [3.63, 3.8) is 0 Å². The van der Waals surface area contributed by atoms with Crippen LogP contribution in [0, 0.1) is 11.7 Å². The number of hydrogen-bond acceptors (Lipinski definition) is 2. The molecule has 0 saturated carbocycles. The van der Waals surface area contributed by atoms with Crippen LogP contribution in [-0.2, 0) is 6.42 Å². The van der Waals surface area contributed by atoms with E-state index in [4.69, 9.17) is 11.6 Å². The van der Waals surface area contributed by atoms with Crippen LogP contribution in [0.3, 0.4) is 0 Å². The summed E-state index contributed by atoms with van der Waals surface area (Å²) in [5.41, 5.74) is 0.685. The van der Waals surface area contributed by atoms with Crippen LogP contribution in [0.25, 0.3) is 0 Å². The van der Waals surface area contributed by atoms with Gasteiger partial charge in [-0.2, -0.15) is 0 Å². The summed E-state index contributed by atoms with van der Waals surface area (Å²) in [5.74, 6) is -0.0681. The Balaban J connectivity index is 2.01. The first-order valence-corrected chi connectivity index (χ1v) is 6.37. The zero-order valence-corrected chi connectivity index (χ0v) is 10.4. The van der Waals surface area contributed by atoms with Crippen molar-refractivity contribution in [2.24, 2.45) is 5.92 Å². The fourth-order valence-corrected chi connectivity index (χ4v) is 2.49. The molecule has 1 aliphatic heterocycles. The molecule has 2 rings (SSSR count). The molecular formula is C13H17ClFNO. The van der Waals surface area contributed by atoms with Crippen LogP contribution in [0.4, 0.5) is 4.39 Å². The molecule has 0 aliphatic carbocycles. The smallest absolute Gasteiger partial charge is 0.123 e. The maximum atomic E-state index is 13.1. The summed E-state index contributed by atoms with van der Waals surface area (Å²) in [7, 11) is 0. The summed E-state index contributed by atoms with van der Waals surface area (Å²) >= 11 is 5.99. The predicted molar refractivity (Wildman–Crippen MR) is 66.7 cm³/mol. The van der Waals surface area contributed by atoms with Gasteiger partial charge < -0.3 is 10.4 Å². The molecule has 1 aliphatic rings. The van der Waals surface area contributed by atoms with Crippen molar-refractivity contribution >= 4 is 11.6 Å². The molecule has 0 spiro atoms. The highest BCUT2D eigenvalue weighted by molar-refractivity contribution is 6.31. The minimum Gasteiger partial charge on any atom is -0.392 e. The summed E-state index contributed by atoms with van der Waals surface area (Å²) in [6.45, 7) is 1.85. The largest absolute Gasteiger partial charge is 0.392 e. The number of piperidine rings is 1. The van der Waals surface area contributed by atoms with Crippen LogP contribution < -0.4 is 5.32 Å². The van der Waals surface area contributed by atoms with Gasteiger partial charge in [0.1, 0.15) is 5.82 Å². The molecule has 0 bridgehead atoms. The fourth-order valence-electron chi connectivity index (χ4n) is 2.30. The van der Waals surface area contributed by atoms with Crippen molar-refractivity contribution in [1.29, 1.82) is 0 Å². The quantitative estimate of drug-likeness (QED) is 0.872. The van der Waals surface area contributed by atoms with Crippen LogP contribution in [0.2, 0.25) is 5.02 Å². The van der Waals surface area contributed by atoms with E-state index in [-0.39, 0.29) is 11.7 Å². The Morgan fingerprint density at radius 1 is 1.53 bits per heavy atom. The Kier molecular flexibility index (Phi) is 4.37. The lowest BCUT2D eigenvalue weighted by molar-refractivity contribution is 0.0922. The lowest BCUT2D eigenvalue weighted by Crippen LogP contribution is -2.37. The van der Waals surface area contributed by atoms with E-state index in [1.807, 2.05) is 0 Å². The second-order valence-electron chi connectivity index (χ2n) is 4.61. The van der Waals surface area contributed by atoms with E-state index in [1.54, 1.807) is 0 Å². The van der Waals surface area contributed by atoms with Gasteiger partial charge in [0, 0.05) is 18.0 Å². The summed E-state index contributed by atoms with van der Waals surface area (Å²) in [4.78, 5) is 0. The van der Waals surface area contributed by atoms with Gasteiger partial charge >= 0.3 is 0 Å². The fraction of sp³-hybridized carbons (Fsp3) is 0.538. The van der Waals surface area contributed by atoms with Crippen LogP contribution >= 0.6 is 11.6 Å². The Morgan fingerprint density at radius 2 is 2.35 bits per heavy atom. The molecule has 0 radical (unpaired) electrons. The first kappa shape index (κ1) is 12.8. The average Bonchev–Trinajstić information content (AvgIpc) is 2.35. The van der Waals surface area contributed by atoms with Gasteiger partial charge in [-0.25, -0.2) is 4.39 Å². The van der Waals surface area contributed by atoms with Gasteiger partial charge in [-0.1, -0.05) is 11.6 Å². The third kappa shape index (κ3) is 3.41. The molecule has 4 heteroatoms. The van der Waals surface area contributed by atoms with E-state index >= 15 is 0 Å². The van der Waals surface area contributed by atoms with Crippen LogP contribution in [0.1, 0.15) is 18.4 Å². The predicted octanol–water partition coefficient (Wildman–Crippen LogP) is 2.38. The van der Waals surface area contributed by atoms with Crippen molar-refractivity contribution in [1.82, 2.24) is 5.32 Å². The van der Waals surface area contributed by atoms with Gasteiger partial charge in [0.15, 0.2) is 0 Å².